The van der Waals surface area contributed by atoms with Gasteiger partial charge in [-0.05, 0) is 44.2 Å². The Morgan fingerprint density at radius 3 is 2.50 bits per heavy atom. The molecule has 2 rings (SSSR count). The minimum atomic E-state index is 0.635. The van der Waals surface area contributed by atoms with Crippen molar-refractivity contribution >= 4 is 17.1 Å². The summed E-state index contributed by atoms with van der Waals surface area (Å²) >= 11 is 0. The lowest BCUT2D eigenvalue weighted by Crippen LogP contribution is -2.01. The molecule has 0 radical (unpaired) electrons. The van der Waals surface area contributed by atoms with Crippen LogP contribution in [0.1, 0.15) is 17.0 Å². The Balaban J connectivity index is 2.31. The molecule has 1 heterocycles. The number of nitrogens with two attached hydrogens (primary N) is 1. The predicted octanol–water partition coefficient (Wildman–Crippen LogP) is 2.90. The molecule has 0 saturated carbocycles. The number of nitrogens with zero attached hydrogens (tertiary/aromatic N) is 2. The Labute approximate surface area is 106 Å². The van der Waals surface area contributed by atoms with Gasteiger partial charge >= 0.3 is 0 Å². The monoisotopic (exact) mass is 238 g/mol. The molecule has 0 fully saturated rings. The quantitative estimate of drug-likeness (QED) is 0.843. The lowest BCUT2D eigenvalue weighted by molar-refractivity contribution is 1.13. The molecule has 18 heavy (non-hydrogen) atoms. The molecular weight excluding hydrogens is 224 g/mol. The zero-order chi connectivity index (χ0) is 13.1. The Hall–Kier alpha value is -2.54. The van der Waals surface area contributed by atoms with Crippen molar-refractivity contribution in [3.05, 3.63) is 47.3 Å². The van der Waals surface area contributed by atoms with Crippen LogP contribution >= 0.6 is 0 Å². The lowest BCUT2D eigenvalue weighted by atomic mass is 10.2. The van der Waals surface area contributed by atoms with Crippen LogP contribution in [0, 0.1) is 25.2 Å². The third-order valence-corrected chi connectivity index (χ3v) is 2.67. The molecule has 4 heteroatoms. The third kappa shape index (κ3) is 2.41. The first-order valence-corrected chi connectivity index (χ1v) is 5.61. The third-order valence-electron chi connectivity index (χ3n) is 2.67. The van der Waals surface area contributed by atoms with Crippen molar-refractivity contribution in [1.82, 2.24) is 4.98 Å². The Kier molecular flexibility index (Phi) is 3.16. The largest absolute Gasteiger partial charge is 0.396 e. The van der Waals surface area contributed by atoms with Crippen LogP contribution in [0.3, 0.4) is 0 Å². The van der Waals surface area contributed by atoms with Crippen molar-refractivity contribution < 1.29 is 0 Å². The summed E-state index contributed by atoms with van der Waals surface area (Å²) in [7, 11) is 0. The predicted molar refractivity (Wildman–Crippen MR) is 72.6 cm³/mol. The molecule has 0 aliphatic rings. The van der Waals surface area contributed by atoms with E-state index < -0.39 is 0 Å². The first kappa shape index (κ1) is 11.9. The maximum absolute atomic E-state index is 8.74. The highest BCUT2D eigenvalue weighted by molar-refractivity contribution is 5.74. The molecule has 0 bridgehead atoms. The molecule has 1 aromatic heterocycles. The van der Waals surface area contributed by atoms with Gasteiger partial charge in [0.25, 0.3) is 0 Å². The van der Waals surface area contributed by atoms with Crippen molar-refractivity contribution in [2.75, 3.05) is 11.1 Å². The minimum absolute atomic E-state index is 0.635. The zero-order valence-corrected chi connectivity index (χ0v) is 10.4. The van der Waals surface area contributed by atoms with Gasteiger partial charge < -0.3 is 11.1 Å². The first-order chi connectivity index (χ1) is 8.60. The van der Waals surface area contributed by atoms with Gasteiger partial charge in [-0.25, -0.2) is 0 Å². The van der Waals surface area contributed by atoms with Crippen molar-refractivity contribution in [3.8, 4) is 6.07 Å². The van der Waals surface area contributed by atoms with Crippen LogP contribution in [0.15, 0.2) is 30.3 Å². The summed E-state index contributed by atoms with van der Waals surface area (Å²) in [5.41, 5.74) is 10.7. The van der Waals surface area contributed by atoms with Gasteiger partial charge in [-0.15, -0.1) is 0 Å². The van der Waals surface area contributed by atoms with E-state index in [1.807, 2.05) is 32.0 Å². The molecule has 0 saturated heterocycles. The van der Waals surface area contributed by atoms with E-state index in [0.29, 0.717) is 11.3 Å². The lowest BCUT2D eigenvalue weighted by Gasteiger charge is -2.12. The maximum Gasteiger partial charge on any atom is 0.0991 e. The summed E-state index contributed by atoms with van der Waals surface area (Å²) < 4.78 is 0. The highest BCUT2D eigenvalue weighted by atomic mass is 14.9. The molecule has 0 aliphatic heterocycles. The summed E-state index contributed by atoms with van der Waals surface area (Å²) in [6.07, 6.45) is 0. The Bertz CT molecular complexity index is 609. The summed E-state index contributed by atoms with van der Waals surface area (Å²) in [5.74, 6) is 0. The standard InChI is InChI=1S/C14H14N4/c1-9-7-13(14(16)10(2)17-9)18-12-5-3-11(8-15)4-6-12/h3-7H,16H2,1-2H3,(H,17,18). The molecule has 0 spiro atoms. The molecule has 0 aliphatic carbocycles. The van der Waals surface area contributed by atoms with E-state index in [0.717, 1.165) is 22.8 Å². The van der Waals surface area contributed by atoms with E-state index in [1.54, 1.807) is 12.1 Å². The molecule has 0 amide bonds. The van der Waals surface area contributed by atoms with Crippen LogP contribution in [0.4, 0.5) is 17.1 Å². The van der Waals surface area contributed by atoms with Gasteiger partial charge in [0, 0.05) is 11.4 Å². The number of aryl methyl sites for hydroxylation is 2. The van der Waals surface area contributed by atoms with Gasteiger partial charge in [0.15, 0.2) is 0 Å². The van der Waals surface area contributed by atoms with E-state index >= 15 is 0 Å². The number of rotatable bonds is 2. The van der Waals surface area contributed by atoms with Gasteiger partial charge in [-0.2, -0.15) is 5.26 Å². The van der Waals surface area contributed by atoms with Crippen LogP contribution in [0.25, 0.3) is 0 Å². The summed E-state index contributed by atoms with van der Waals surface area (Å²) in [6.45, 7) is 3.81. The van der Waals surface area contributed by atoms with Gasteiger partial charge in [-0.3, -0.25) is 4.98 Å². The van der Waals surface area contributed by atoms with Crippen molar-refractivity contribution in [3.63, 3.8) is 0 Å². The molecule has 4 nitrogen and oxygen atoms in total. The van der Waals surface area contributed by atoms with Crippen LogP contribution in [0.2, 0.25) is 0 Å². The fourth-order valence-electron chi connectivity index (χ4n) is 1.73. The van der Waals surface area contributed by atoms with E-state index in [9.17, 15) is 0 Å². The average molecular weight is 238 g/mol. The fraction of sp³-hybridized carbons (Fsp3) is 0.143. The number of aromatic nitrogens is 1. The van der Waals surface area contributed by atoms with Crippen LogP contribution in [0.5, 0.6) is 0 Å². The first-order valence-electron chi connectivity index (χ1n) is 5.61. The number of pyridine rings is 1. The second-order valence-corrected chi connectivity index (χ2v) is 4.12. The minimum Gasteiger partial charge on any atom is -0.396 e. The van der Waals surface area contributed by atoms with Crippen LogP contribution in [-0.2, 0) is 0 Å². The van der Waals surface area contributed by atoms with Crippen molar-refractivity contribution in [2.24, 2.45) is 0 Å². The molecule has 2 aromatic rings. The molecule has 0 unspecified atom stereocenters. The topological polar surface area (TPSA) is 74.7 Å². The van der Waals surface area contributed by atoms with Crippen LogP contribution < -0.4 is 11.1 Å². The zero-order valence-electron chi connectivity index (χ0n) is 10.4. The normalized spacial score (nSPS) is 9.83. The maximum atomic E-state index is 8.74. The number of benzene rings is 1. The van der Waals surface area contributed by atoms with Gasteiger partial charge in [0.1, 0.15) is 0 Å². The second-order valence-electron chi connectivity index (χ2n) is 4.12. The van der Waals surface area contributed by atoms with E-state index in [4.69, 9.17) is 11.0 Å². The molecule has 3 N–H and O–H groups in total. The summed E-state index contributed by atoms with van der Waals surface area (Å²) in [4.78, 5) is 4.29. The number of hydrogen-bond donors (Lipinski definition) is 2. The van der Waals surface area contributed by atoms with Crippen LogP contribution in [-0.4, -0.2) is 4.98 Å². The highest BCUT2D eigenvalue weighted by Crippen LogP contribution is 2.25. The number of anilines is 3. The number of nitriles is 1. The fourth-order valence-corrected chi connectivity index (χ4v) is 1.73. The Morgan fingerprint density at radius 2 is 1.89 bits per heavy atom. The van der Waals surface area contributed by atoms with E-state index in [-0.39, 0.29) is 0 Å². The molecular formula is C14H14N4. The molecule has 1 aromatic carbocycles. The molecule has 90 valence electrons. The van der Waals surface area contributed by atoms with E-state index in [2.05, 4.69) is 16.4 Å². The molecule has 0 atom stereocenters. The SMILES string of the molecule is Cc1cc(Nc2ccc(C#N)cc2)c(N)c(C)n1. The average Bonchev–Trinajstić information content (AvgIpc) is 2.36. The number of nitrogen functional groups attached to an aromatic ring is 1. The summed E-state index contributed by atoms with van der Waals surface area (Å²) in [5, 5.41) is 12.0. The number of nitrogens with one attached hydrogen (secondary N) is 1. The smallest absolute Gasteiger partial charge is 0.0991 e. The van der Waals surface area contributed by atoms with E-state index in [1.165, 1.54) is 0 Å². The van der Waals surface area contributed by atoms with Crippen molar-refractivity contribution in [1.29, 1.82) is 5.26 Å². The summed E-state index contributed by atoms with van der Waals surface area (Å²) in [6, 6.07) is 11.2. The number of hydrogen-bond acceptors (Lipinski definition) is 4. The van der Waals surface area contributed by atoms with Crippen molar-refractivity contribution in [2.45, 2.75) is 13.8 Å². The highest BCUT2D eigenvalue weighted by Gasteiger charge is 2.05. The van der Waals surface area contributed by atoms with Gasteiger partial charge in [-0.1, -0.05) is 0 Å². The van der Waals surface area contributed by atoms with Gasteiger partial charge in [0.2, 0.25) is 0 Å². The Morgan fingerprint density at radius 1 is 1.22 bits per heavy atom. The second kappa shape index (κ2) is 4.76. The van der Waals surface area contributed by atoms with Gasteiger partial charge in [0.05, 0.1) is 28.7 Å².